The van der Waals surface area contributed by atoms with E-state index in [0.717, 1.165) is 25.2 Å². The van der Waals surface area contributed by atoms with Gasteiger partial charge in [-0.15, -0.1) is 0 Å². The lowest BCUT2D eigenvalue weighted by Gasteiger charge is -2.23. The number of pyridine rings is 1. The number of carbonyl (C=O) groups excluding carboxylic acids is 1. The number of aryl methyl sites for hydroxylation is 1. The summed E-state index contributed by atoms with van der Waals surface area (Å²) in [4.78, 5) is 15.2. The first kappa shape index (κ1) is 11.1. The Morgan fingerprint density at radius 1 is 1.56 bits per heavy atom. The number of carbonyl (C=O) groups is 1. The Morgan fingerprint density at radius 3 is 3.06 bits per heavy atom. The number of piperidine rings is 1. The van der Waals surface area contributed by atoms with E-state index in [9.17, 15) is 4.79 Å². The standard InChI is InChI=1S/C12H17N3O/c1-9-2-3-10(6-13-9)7-14-11-4-5-12(16)15-8-11/h2-3,6,11,14H,4-5,7-8H2,1H3,(H,15,16). The Bertz CT molecular complexity index is 351. The fourth-order valence-corrected chi connectivity index (χ4v) is 1.77. The van der Waals surface area contributed by atoms with Crippen LogP contribution in [0.1, 0.15) is 24.1 Å². The SMILES string of the molecule is Cc1ccc(CNC2CCC(=O)NC2)cn1. The molecule has 2 heterocycles. The maximum Gasteiger partial charge on any atom is 0.220 e. The molecule has 0 aromatic carbocycles. The van der Waals surface area contributed by atoms with E-state index in [0.29, 0.717) is 12.5 Å². The van der Waals surface area contributed by atoms with Crippen molar-refractivity contribution in [2.24, 2.45) is 0 Å². The number of hydrogen-bond donors (Lipinski definition) is 2. The van der Waals surface area contributed by atoms with E-state index in [1.807, 2.05) is 19.2 Å². The quantitative estimate of drug-likeness (QED) is 0.789. The molecule has 0 saturated carbocycles. The summed E-state index contributed by atoms with van der Waals surface area (Å²) in [5.41, 5.74) is 2.22. The van der Waals surface area contributed by atoms with Gasteiger partial charge in [-0.05, 0) is 25.0 Å². The molecule has 86 valence electrons. The molecule has 0 bridgehead atoms. The third-order valence-corrected chi connectivity index (χ3v) is 2.83. The highest BCUT2D eigenvalue weighted by molar-refractivity contribution is 5.76. The Balaban J connectivity index is 1.79. The first-order chi connectivity index (χ1) is 7.74. The molecule has 2 rings (SSSR count). The Labute approximate surface area is 95.5 Å². The van der Waals surface area contributed by atoms with E-state index in [-0.39, 0.29) is 5.91 Å². The predicted octanol–water partition coefficient (Wildman–Crippen LogP) is 0.758. The van der Waals surface area contributed by atoms with E-state index in [1.165, 1.54) is 5.56 Å². The molecule has 1 saturated heterocycles. The zero-order chi connectivity index (χ0) is 11.4. The third-order valence-electron chi connectivity index (χ3n) is 2.83. The van der Waals surface area contributed by atoms with Crippen molar-refractivity contribution in [1.29, 1.82) is 0 Å². The number of amides is 1. The van der Waals surface area contributed by atoms with Crippen LogP contribution in [-0.2, 0) is 11.3 Å². The number of hydrogen-bond acceptors (Lipinski definition) is 3. The van der Waals surface area contributed by atoms with Crippen molar-refractivity contribution in [2.75, 3.05) is 6.54 Å². The minimum atomic E-state index is 0.162. The molecule has 1 fully saturated rings. The van der Waals surface area contributed by atoms with Crippen LogP contribution < -0.4 is 10.6 Å². The van der Waals surface area contributed by atoms with Crippen LogP contribution in [0.15, 0.2) is 18.3 Å². The molecular formula is C12H17N3O. The van der Waals surface area contributed by atoms with Crippen LogP contribution in [0.2, 0.25) is 0 Å². The van der Waals surface area contributed by atoms with Gasteiger partial charge >= 0.3 is 0 Å². The highest BCUT2D eigenvalue weighted by Gasteiger charge is 2.16. The summed E-state index contributed by atoms with van der Waals surface area (Å²) in [7, 11) is 0. The van der Waals surface area contributed by atoms with Gasteiger partial charge in [-0.1, -0.05) is 6.07 Å². The molecule has 0 radical (unpaired) electrons. The normalized spacial score (nSPS) is 20.6. The molecule has 1 aliphatic heterocycles. The van der Waals surface area contributed by atoms with Crippen LogP contribution in [0.4, 0.5) is 0 Å². The largest absolute Gasteiger partial charge is 0.355 e. The summed E-state index contributed by atoms with van der Waals surface area (Å²) in [5.74, 6) is 0.162. The molecule has 4 nitrogen and oxygen atoms in total. The van der Waals surface area contributed by atoms with Crippen LogP contribution >= 0.6 is 0 Å². The van der Waals surface area contributed by atoms with Crippen molar-refractivity contribution in [3.05, 3.63) is 29.6 Å². The molecule has 1 aromatic rings. The van der Waals surface area contributed by atoms with Gasteiger partial charge < -0.3 is 10.6 Å². The molecular weight excluding hydrogens is 202 g/mol. The van der Waals surface area contributed by atoms with Crippen LogP contribution in [0.25, 0.3) is 0 Å². The van der Waals surface area contributed by atoms with Gasteiger partial charge in [-0.3, -0.25) is 9.78 Å². The molecule has 16 heavy (non-hydrogen) atoms. The second kappa shape index (κ2) is 5.07. The van der Waals surface area contributed by atoms with Gasteiger partial charge in [0.15, 0.2) is 0 Å². The van der Waals surface area contributed by atoms with Gasteiger partial charge in [-0.2, -0.15) is 0 Å². The van der Waals surface area contributed by atoms with Gasteiger partial charge in [0.25, 0.3) is 0 Å². The molecule has 2 N–H and O–H groups in total. The maximum atomic E-state index is 11.0. The number of nitrogens with one attached hydrogen (secondary N) is 2. The maximum absolute atomic E-state index is 11.0. The lowest BCUT2D eigenvalue weighted by atomic mass is 10.1. The highest BCUT2D eigenvalue weighted by Crippen LogP contribution is 2.05. The molecule has 0 spiro atoms. The van der Waals surface area contributed by atoms with Crippen molar-refractivity contribution in [2.45, 2.75) is 32.4 Å². The molecule has 0 aliphatic carbocycles. The zero-order valence-electron chi connectivity index (χ0n) is 9.49. The number of aromatic nitrogens is 1. The lowest BCUT2D eigenvalue weighted by Crippen LogP contribution is -2.45. The van der Waals surface area contributed by atoms with E-state index in [2.05, 4.69) is 21.7 Å². The fraction of sp³-hybridized carbons (Fsp3) is 0.500. The summed E-state index contributed by atoms with van der Waals surface area (Å²) in [6, 6.07) is 4.48. The Kier molecular flexibility index (Phi) is 3.51. The Morgan fingerprint density at radius 2 is 2.44 bits per heavy atom. The van der Waals surface area contributed by atoms with Crippen LogP contribution in [0, 0.1) is 6.92 Å². The van der Waals surface area contributed by atoms with Gasteiger partial charge in [0.05, 0.1) is 0 Å². The highest BCUT2D eigenvalue weighted by atomic mass is 16.1. The van der Waals surface area contributed by atoms with Crippen molar-refractivity contribution in [3.63, 3.8) is 0 Å². The summed E-state index contributed by atoms with van der Waals surface area (Å²) < 4.78 is 0. The smallest absolute Gasteiger partial charge is 0.220 e. The second-order valence-corrected chi connectivity index (χ2v) is 4.23. The average molecular weight is 219 g/mol. The number of nitrogens with zero attached hydrogens (tertiary/aromatic N) is 1. The van der Waals surface area contributed by atoms with Crippen molar-refractivity contribution in [1.82, 2.24) is 15.6 Å². The van der Waals surface area contributed by atoms with Gasteiger partial charge in [0, 0.05) is 37.4 Å². The zero-order valence-corrected chi connectivity index (χ0v) is 9.49. The molecule has 1 atom stereocenters. The van der Waals surface area contributed by atoms with Crippen molar-refractivity contribution < 1.29 is 4.79 Å². The summed E-state index contributed by atoms with van der Waals surface area (Å²) in [5, 5.41) is 6.28. The summed E-state index contributed by atoms with van der Waals surface area (Å²) >= 11 is 0. The molecule has 1 aromatic heterocycles. The minimum absolute atomic E-state index is 0.162. The monoisotopic (exact) mass is 219 g/mol. The van der Waals surface area contributed by atoms with Crippen molar-refractivity contribution in [3.8, 4) is 0 Å². The molecule has 1 aliphatic rings. The van der Waals surface area contributed by atoms with Gasteiger partial charge in [0.1, 0.15) is 0 Å². The first-order valence-electron chi connectivity index (χ1n) is 5.65. The molecule has 1 amide bonds. The lowest BCUT2D eigenvalue weighted by molar-refractivity contribution is -0.122. The number of rotatable bonds is 3. The van der Waals surface area contributed by atoms with Gasteiger partial charge in [-0.25, -0.2) is 0 Å². The fourth-order valence-electron chi connectivity index (χ4n) is 1.77. The van der Waals surface area contributed by atoms with E-state index < -0.39 is 0 Å². The average Bonchev–Trinajstić information content (AvgIpc) is 2.30. The topological polar surface area (TPSA) is 54.0 Å². The molecule has 4 heteroatoms. The van der Waals surface area contributed by atoms with E-state index in [1.54, 1.807) is 0 Å². The van der Waals surface area contributed by atoms with Crippen LogP contribution in [-0.4, -0.2) is 23.5 Å². The second-order valence-electron chi connectivity index (χ2n) is 4.23. The summed E-state index contributed by atoms with van der Waals surface area (Å²) in [6.45, 7) is 3.53. The Hall–Kier alpha value is -1.42. The van der Waals surface area contributed by atoms with Crippen LogP contribution in [0.5, 0.6) is 0 Å². The van der Waals surface area contributed by atoms with Crippen molar-refractivity contribution >= 4 is 5.91 Å². The van der Waals surface area contributed by atoms with Gasteiger partial charge in [0.2, 0.25) is 5.91 Å². The van der Waals surface area contributed by atoms with E-state index in [4.69, 9.17) is 0 Å². The summed E-state index contributed by atoms with van der Waals surface area (Å²) in [6.07, 6.45) is 3.44. The van der Waals surface area contributed by atoms with Crippen LogP contribution in [0.3, 0.4) is 0 Å². The third kappa shape index (κ3) is 3.03. The predicted molar refractivity (Wildman–Crippen MR) is 61.8 cm³/mol. The minimum Gasteiger partial charge on any atom is -0.355 e. The first-order valence-corrected chi connectivity index (χ1v) is 5.65. The molecule has 1 unspecified atom stereocenters. The van der Waals surface area contributed by atoms with E-state index >= 15 is 0 Å².